The molecule has 0 radical (unpaired) electrons. The molecule has 4 nitrogen and oxygen atoms in total. The number of halogens is 2. The van der Waals surface area contributed by atoms with Gasteiger partial charge in [-0.1, -0.05) is 27.5 Å². The van der Waals surface area contributed by atoms with Gasteiger partial charge in [-0.05, 0) is 38.1 Å². The molecule has 0 atom stereocenters. The van der Waals surface area contributed by atoms with Gasteiger partial charge in [0.25, 0.3) is 0 Å². The summed E-state index contributed by atoms with van der Waals surface area (Å²) in [4.78, 5) is 4.23. The Labute approximate surface area is 131 Å². The number of hydrogen-bond donors (Lipinski definition) is 1. The number of nitrogen functional groups attached to an aromatic ring is 1. The fourth-order valence-corrected chi connectivity index (χ4v) is 2.19. The molecule has 1 heterocycles. The zero-order chi connectivity index (χ0) is 14.7. The van der Waals surface area contributed by atoms with Crippen molar-refractivity contribution in [2.45, 2.75) is 20.0 Å². The van der Waals surface area contributed by atoms with E-state index >= 15 is 0 Å². The highest BCUT2D eigenvalue weighted by atomic mass is 79.9. The SMILES string of the molecule is CC(C)Oc1nc(Oc2ccc(Br)cc2Cl)ccc1N. The molecule has 0 amide bonds. The van der Waals surface area contributed by atoms with Crippen LogP contribution in [-0.4, -0.2) is 11.1 Å². The van der Waals surface area contributed by atoms with Crippen LogP contribution < -0.4 is 15.2 Å². The summed E-state index contributed by atoms with van der Waals surface area (Å²) in [5.41, 5.74) is 6.27. The van der Waals surface area contributed by atoms with Gasteiger partial charge >= 0.3 is 0 Å². The Morgan fingerprint density at radius 3 is 2.65 bits per heavy atom. The zero-order valence-electron chi connectivity index (χ0n) is 11.1. The molecular weight excluding hydrogens is 344 g/mol. The number of aromatic nitrogens is 1. The predicted molar refractivity (Wildman–Crippen MR) is 83.6 cm³/mol. The van der Waals surface area contributed by atoms with Gasteiger partial charge in [-0.25, -0.2) is 0 Å². The molecule has 2 N–H and O–H groups in total. The maximum Gasteiger partial charge on any atom is 0.240 e. The van der Waals surface area contributed by atoms with Crippen LogP contribution in [0.5, 0.6) is 17.5 Å². The van der Waals surface area contributed by atoms with Crippen LogP contribution in [0.2, 0.25) is 5.02 Å². The standard InChI is InChI=1S/C14H14BrClN2O2/c1-8(2)19-14-11(17)4-6-13(18-14)20-12-5-3-9(15)7-10(12)16/h3-8H,17H2,1-2H3. The molecule has 0 aliphatic rings. The summed E-state index contributed by atoms with van der Waals surface area (Å²) in [7, 11) is 0. The predicted octanol–water partition coefficient (Wildman–Crippen LogP) is 4.66. The van der Waals surface area contributed by atoms with Gasteiger partial charge in [0.15, 0.2) is 0 Å². The lowest BCUT2D eigenvalue weighted by Gasteiger charge is -2.13. The Morgan fingerprint density at radius 2 is 2.00 bits per heavy atom. The molecule has 0 bridgehead atoms. The smallest absolute Gasteiger partial charge is 0.240 e. The van der Waals surface area contributed by atoms with Crippen molar-refractivity contribution in [3.05, 3.63) is 39.8 Å². The summed E-state index contributed by atoms with van der Waals surface area (Å²) < 4.78 is 12.0. The first kappa shape index (κ1) is 14.9. The molecule has 0 spiro atoms. The van der Waals surface area contributed by atoms with Crippen LogP contribution in [0, 0.1) is 0 Å². The monoisotopic (exact) mass is 356 g/mol. The van der Waals surface area contributed by atoms with Gasteiger partial charge in [0.1, 0.15) is 5.75 Å². The summed E-state index contributed by atoms with van der Waals surface area (Å²) in [5.74, 6) is 1.24. The third kappa shape index (κ3) is 3.77. The number of rotatable bonds is 4. The summed E-state index contributed by atoms with van der Waals surface area (Å²) >= 11 is 9.43. The van der Waals surface area contributed by atoms with Crippen LogP contribution >= 0.6 is 27.5 Å². The molecule has 20 heavy (non-hydrogen) atoms. The molecule has 2 rings (SSSR count). The first-order valence-electron chi connectivity index (χ1n) is 6.02. The van der Waals surface area contributed by atoms with Crippen molar-refractivity contribution in [2.75, 3.05) is 5.73 Å². The normalized spacial score (nSPS) is 10.7. The Balaban J connectivity index is 2.25. The third-order valence-electron chi connectivity index (χ3n) is 2.32. The molecule has 2 aromatic rings. The van der Waals surface area contributed by atoms with Crippen LogP contribution in [0.15, 0.2) is 34.8 Å². The summed E-state index contributed by atoms with van der Waals surface area (Å²) in [6.07, 6.45) is -0.0173. The summed E-state index contributed by atoms with van der Waals surface area (Å²) in [6, 6.07) is 8.70. The van der Waals surface area contributed by atoms with Crippen LogP contribution in [0.4, 0.5) is 5.69 Å². The van der Waals surface area contributed by atoms with E-state index in [1.54, 1.807) is 24.3 Å². The second-order valence-corrected chi connectivity index (χ2v) is 5.71. The second kappa shape index (κ2) is 6.33. The van der Waals surface area contributed by atoms with Crippen molar-refractivity contribution in [2.24, 2.45) is 0 Å². The Hall–Kier alpha value is -1.46. The number of hydrogen-bond acceptors (Lipinski definition) is 4. The van der Waals surface area contributed by atoms with E-state index in [0.29, 0.717) is 28.2 Å². The minimum absolute atomic E-state index is 0.0173. The maximum absolute atomic E-state index is 6.10. The van der Waals surface area contributed by atoms with E-state index in [0.717, 1.165) is 4.47 Å². The molecule has 0 saturated heterocycles. The topological polar surface area (TPSA) is 57.4 Å². The van der Waals surface area contributed by atoms with E-state index in [-0.39, 0.29) is 6.10 Å². The molecule has 1 aromatic heterocycles. The highest BCUT2D eigenvalue weighted by Crippen LogP contribution is 2.32. The Bertz CT molecular complexity index is 620. The van der Waals surface area contributed by atoms with E-state index in [2.05, 4.69) is 20.9 Å². The number of benzene rings is 1. The van der Waals surface area contributed by atoms with E-state index in [1.807, 2.05) is 19.9 Å². The lowest BCUT2D eigenvalue weighted by atomic mass is 10.3. The highest BCUT2D eigenvalue weighted by molar-refractivity contribution is 9.10. The number of nitrogens with zero attached hydrogens (tertiary/aromatic N) is 1. The Kier molecular flexibility index (Phi) is 4.73. The molecule has 1 aromatic carbocycles. The van der Waals surface area contributed by atoms with Crippen molar-refractivity contribution in [1.82, 2.24) is 4.98 Å². The molecular formula is C14H14BrClN2O2. The van der Waals surface area contributed by atoms with Gasteiger partial charge in [-0.2, -0.15) is 4.98 Å². The Morgan fingerprint density at radius 1 is 1.25 bits per heavy atom. The van der Waals surface area contributed by atoms with E-state index in [4.69, 9.17) is 26.8 Å². The van der Waals surface area contributed by atoms with Gasteiger partial charge in [0, 0.05) is 10.5 Å². The van der Waals surface area contributed by atoms with E-state index in [9.17, 15) is 0 Å². The number of nitrogens with two attached hydrogens (primary N) is 1. The van der Waals surface area contributed by atoms with Gasteiger partial charge < -0.3 is 15.2 Å². The quantitative estimate of drug-likeness (QED) is 0.864. The van der Waals surface area contributed by atoms with Crippen molar-refractivity contribution in [1.29, 1.82) is 0 Å². The van der Waals surface area contributed by atoms with Crippen LogP contribution in [0.3, 0.4) is 0 Å². The van der Waals surface area contributed by atoms with Crippen molar-refractivity contribution >= 4 is 33.2 Å². The number of anilines is 1. The maximum atomic E-state index is 6.10. The van der Waals surface area contributed by atoms with Gasteiger partial charge in [0.05, 0.1) is 16.8 Å². The van der Waals surface area contributed by atoms with Crippen molar-refractivity contribution < 1.29 is 9.47 Å². The van der Waals surface area contributed by atoms with Gasteiger partial charge in [0.2, 0.25) is 11.8 Å². The molecule has 0 aliphatic carbocycles. The van der Waals surface area contributed by atoms with Crippen LogP contribution in [0.25, 0.3) is 0 Å². The van der Waals surface area contributed by atoms with E-state index in [1.165, 1.54) is 0 Å². The molecule has 0 fully saturated rings. The summed E-state index contributed by atoms with van der Waals surface area (Å²) in [6.45, 7) is 3.81. The van der Waals surface area contributed by atoms with E-state index < -0.39 is 0 Å². The number of ether oxygens (including phenoxy) is 2. The van der Waals surface area contributed by atoms with Crippen LogP contribution in [-0.2, 0) is 0 Å². The average molecular weight is 358 g/mol. The molecule has 0 aliphatic heterocycles. The highest BCUT2D eigenvalue weighted by Gasteiger charge is 2.09. The lowest BCUT2D eigenvalue weighted by Crippen LogP contribution is -2.09. The molecule has 0 saturated carbocycles. The van der Waals surface area contributed by atoms with Crippen molar-refractivity contribution in [3.63, 3.8) is 0 Å². The average Bonchev–Trinajstić information content (AvgIpc) is 2.36. The number of pyridine rings is 1. The molecule has 106 valence electrons. The van der Waals surface area contributed by atoms with Gasteiger partial charge in [-0.3, -0.25) is 0 Å². The largest absolute Gasteiger partial charge is 0.473 e. The lowest BCUT2D eigenvalue weighted by molar-refractivity contribution is 0.232. The molecule has 0 unspecified atom stereocenters. The fourth-order valence-electron chi connectivity index (χ4n) is 1.48. The van der Waals surface area contributed by atoms with Crippen LogP contribution in [0.1, 0.15) is 13.8 Å². The van der Waals surface area contributed by atoms with Gasteiger partial charge in [-0.15, -0.1) is 0 Å². The minimum atomic E-state index is -0.0173. The first-order chi connectivity index (χ1) is 9.45. The summed E-state index contributed by atoms with van der Waals surface area (Å²) in [5, 5.41) is 0.490. The molecule has 6 heteroatoms. The minimum Gasteiger partial charge on any atom is -0.473 e. The zero-order valence-corrected chi connectivity index (χ0v) is 13.4. The second-order valence-electron chi connectivity index (χ2n) is 4.39. The third-order valence-corrected chi connectivity index (χ3v) is 3.11. The first-order valence-corrected chi connectivity index (χ1v) is 7.19. The fraction of sp³-hybridized carbons (Fsp3) is 0.214. The van der Waals surface area contributed by atoms with Crippen molar-refractivity contribution in [3.8, 4) is 17.5 Å².